The molecule has 0 bridgehead atoms. The smallest absolute Gasteiger partial charge is 0.288 e. The number of imidazole rings is 1. The third-order valence-corrected chi connectivity index (χ3v) is 4.16. The second-order valence-electron chi connectivity index (χ2n) is 7.28. The van der Waals surface area contributed by atoms with Crippen molar-refractivity contribution in [2.75, 3.05) is 5.32 Å². The van der Waals surface area contributed by atoms with Gasteiger partial charge in [-0.05, 0) is 18.2 Å². The summed E-state index contributed by atoms with van der Waals surface area (Å²) in [5, 5.41) is 13.9. The molecule has 0 aliphatic carbocycles. The van der Waals surface area contributed by atoms with Gasteiger partial charge in [0.25, 0.3) is 11.6 Å². The number of primary amides is 1. The summed E-state index contributed by atoms with van der Waals surface area (Å²) in [5.41, 5.74) is 7.27. The van der Waals surface area contributed by atoms with Crippen molar-refractivity contribution in [3.63, 3.8) is 0 Å². The maximum absolute atomic E-state index is 11.7. The van der Waals surface area contributed by atoms with Crippen LogP contribution in [-0.2, 0) is 12.5 Å². The lowest BCUT2D eigenvalue weighted by Crippen LogP contribution is -2.17. The lowest BCUT2D eigenvalue weighted by atomic mass is 9.96. The quantitative estimate of drug-likeness (QED) is 0.538. The molecule has 0 fully saturated rings. The molecule has 0 radical (unpaired) electrons. The molecule has 2 heterocycles. The van der Waals surface area contributed by atoms with Gasteiger partial charge in [0.1, 0.15) is 17.8 Å². The third kappa shape index (κ3) is 3.43. The summed E-state index contributed by atoms with van der Waals surface area (Å²) >= 11 is 0. The first-order chi connectivity index (χ1) is 12.6. The second-order valence-corrected chi connectivity index (χ2v) is 7.28. The van der Waals surface area contributed by atoms with E-state index in [1.54, 1.807) is 0 Å². The molecule has 0 unspecified atom stereocenters. The predicted octanol–water partition coefficient (Wildman–Crippen LogP) is 3.02. The van der Waals surface area contributed by atoms with E-state index in [0.29, 0.717) is 5.69 Å². The van der Waals surface area contributed by atoms with Gasteiger partial charge in [-0.1, -0.05) is 20.8 Å². The summed E-state index contributed by atoms with van der Waals surface area (Å²) in [5.74, 6) is 0.294. The normalized spacial score (nSPS) is 11.6. The molecule has 9 nitrogen and oxygen atoms in total. The van der Waals surface area contributed by atoms with Gasteiger partial charge >= 0.3 is 0 Å². The Hall–Kier alpha value is -3.49. The minimum absolute atomic E-state index is 0.0549. The van der Waals surface area contributed by atoms with Gasteiger partial charge in [0, 0.05) is 24.2 Å². The van der Waals surface area contributed by atoms with Gasteiger partial charge in [-0.2, -0.15) is 0 Å². The van der Waals surface area contributed by atoms with Crippen LogP contribution in [0.1, 0.15) is 37.0 Å². The van der Waals surface area contributed by atoms with E-state index in [0.717, 1.165) is 29.1 Å². The molecule has 0 spiro atoms. The molecule has 1 amide bonds. The Morgan fingerprint density at radius 3 is 2.59 bits per heavy atom. The van der Waals surface area contributed by atoms with Crippen LogP contribution in [-0.4, -0.2) is 25.4 Å². The zero-order valence-electron chi connectivity index (χ0n) is 15.5. The number of nitro groups is 1. The van der Waals surface area contributed by atoms with Crippen LogP contribution in [0, 0.1) is 10.1 Å². The van der Waals surface area contributed by atoms with E-state index in [4.69, 9.17) is 10.7 Å². The van der Waals surface area contributed by atoms with Crippen LogP contribution in [0.4, 0.5) is 17.2 Å². The summed E-state index contributed by atoms with van der Waals surface area (Å²) in [6.07, 6.45) is 1.08. The average Bonchev–Trinajstić information content (AvgIpc) is 2.91. The highest BCUT2D eigenvalue weighted by molar-refractivity contribution is 5.99. The highest BCUT2D eigenvalue weighted by atomic mass is 16.6. The van der Waals surface area contributed by atoms with E-state index in [-0.39, 0.29) is 22.5 Å². The number of aryl methyl sites for hydroxylation is 1. The predicted molar refractivity (Wildman–Crippen MR) is 102 cm³/mol. The van der Waals surface area contributed by atoms with Crippen LogP contribution in [0.15, 0.2) is 30.5 Å². The molecule has 0 aliphatic rings. The van der Waals surface area contributed by atoms with Crippen LogP contribution < -0.4 is 11.1 Å². The summed E-state index contributed by atoms with van der Waals surface area (Å²) in [4.78, 5) is 30.6. The van der Waals surface area contributed by atoms with E-state index in [1.807, 2.05) is 29.8 Å². The summed E-state index contributed by atoms with van der Waals surface area (Å²) < 4.78 is 2.04. The van der Waals surface area contributed by atoms with Crippen LogP contribution in [0.2, 0.25) is 0 Å². The zero-order chi connectivity index (χ0) is 19.9. The van der Waals surface area contributed by atoms with Gasteiger partial charge in [-0.15, -0.1) is 0 Å². The fraction of sp³-hybridized carbons (Fsp3) is 0.278. The molecule has 27 heavy (non-hydrogen) atoms. The number of aromatic nitrogens is 3. The molecular formula is C18H20N6O3. The first kappa shape index (κ1) is 18.3. The molecule has 2 aromatic heterocycles. The number of fused-ring (bicyclic) bond motifs is 1. The highest BCUT2D eigenvalue weighted by Crippen LogP contribution is 2.28. The van der Waals surface area contributed by atoms with E-state index in [9.17, 15) is 14.9 Å². The number of amides is 1. The number of nitrogens with one attached hydrogen (secondary N) is 1. The molecule has 0 atom stereocenters. The Morgan fingerprint density at radius 1 is 1.30 bits per heavy atom. The average molecular weight is 368 g/mol. The van der Waals surface area contributed by atoms with Gasteiger partial charge in [0.15, 0.2) is 0 Å². The minimum Gasteiger partial charge on any atom is -0.365 e. The molecule has 3 N–H and O–H groups in total. The van der Waals surface area contributed by atoms with Crippen LogP contribution >= 0.6 is 0 Å². The van der Waals surface area contributed by atoms with Crippen LogP contribution in [0.25, 0.3) is 11.0 Å². The number of benzene rings is 1. The Morgan fingerprint density at radius 2 is 2.00 bits per heavy atom. The van der Waals surface area contributed by atoms with Crippen molar-refractivity contribution >= 4 is 34.1 Å². The lowest BCUT2D eigenvalue weighted by Gasteiger charge is -2.17. The van der Waals surface area contributed by atoms with Crippen molar-refractivity contribution in [2.24, 2.45) is 12.8 Å². The molecule has 1 aromatic carbocycles. The number of carbonyl (C=O) groups excluding carboxylic acids is 1. The molecule has 0 saturated carbocycles. The van der Waals surface area contributed by atoms with Gasteiger partial charge in [-0.3, -0.25) is 14.9 Å². The third-order valence-electron chi connectivity index (χ3n) is 4.16. The van der Waals surface area contributed by atoms with Gasteiger partial charge < -0.3 is 15.6 Å². The number of pyridine rings is 1. The lowest BCUT2D eigenvalue weighted by molar-refractivity contribution is -0.385. The number of hydrogen-bond donors (Lipinski definition) is 2. The first-order valence-corrected chi connectivity index (χ1v) is 8.26. The molecule has 3 aromatic rings. The minimum atomic E-state index is -0.803. The monoisotopic (exact) mass is 368 g/mol. The van der Waals surface area contributed by atoms with Gasteiger partial charge in [0.2, 0.25) is 0 Å². The van der Waals surface area contributed by atoms with Gasteiger partial charge in [-0.25, -0.2) is 9.97 Å². The Kier molecular flexibility index (Phi) is 4.30. The van der Waals surface area contributed by atoms with Crippen molar-refractivity contribution in [1.82, 2.24) is 14.5 Å². The summed E-state index contributed by atoms with van der Waals surface area (Å²) in [6, 6.07) is 6.67. The Labute approximate surface area is 155 Å². The van der Waals surface area contributed by atoms with Crippen LogP contribution in [0.3, 0.4) is 0 Å². The molecular weight excluding hydrogens is 348 g/mol. The number of nitrogens with zero attached hydrogens (tertiary/aromatic N) is 4. The van der Waals surface area contributed by atoms with Crippen LogP contribution in [0.5, 0.6) is 0 Å². The van der Waals surface area contributed by atoms with Crippen molar-refractivity contribution in [2.45, 2.75) is 26.2 Å². The van der Waals surface area contributed by atoms with E-state index < -0.39 is 10.8 Å². The molecule has 3 rings (SSSR count). The number of carbonyl (C=O) groups is 1. The van der Waals surface area contributed by atoms with Crippen molar-refractivity contribution in [3.05, 3.63) is 52.0 Å². The highest BCUT2D eigenvalue weighted by Gasteiger charge is 2.21. The number of anilines is 2. The van der Waals surface area contributed by atoms with Crippen molar-refractivity contribution in [1.29, 1.82) is 0 Å². The van der Waals surface area contributed by atoms with E-state index in [1.165, 1.54) is 0 Å². The van der Waals surface area contributed by atoms with E-state index >= 15 is 0 Å². The molecule has 140 valence electrons. The Bertz CT molecular complexity index is 1060. The first-order valence-electron chi connectivity index (χ1n) is 8.26. The standard InChI is InChI=1S/C18H20N6O3/c1-18(2,3)17-22-13-7-10(5-6-14(13)23(17)4)21-16-12(15(19)25)8-11(9-20-16)24(26)27/h5-9H,1-4H3,(H2,19,25)(H,20,21). The zero-order valence-corrected chi connectivity index (χ0v) is 15.5. The van der Waals surface area contributed by atoms with E-state index in [2.05, 4.69) is 31.1 Å². The summed E-state index contributed by atoms with van der Waals surface area (Å²) in [7, 11) is 1.96. The maximum Gasteiger partial charge on any atom is 0.288 e. The maximum atomic E-state index is 11.7. The summed E-state index contributed by atoms with van der Waals surface area (Å²) in [6.45, 7) is 6.27. The molecule has 9 heteroatoms. The van der Waals surface area contributed by atoms with Crippen molar-refractivity contribution in [3.8, 4) is 0 Å². The SMILES string of the molecule is Cn1c(C(C)(C)C)nc2cc(Nc3ncc([N+](=O)[O-])cc3C(N)=O)ccc21. The largest absolute Gasteiger partial charge is 0.365 e. The van der Waals surface area contributed by atoms with Crippen molar-refractivity contribution < 1.29 is 9.72 Å². The molecule has 0 aliphatic heterocycles. The molecule has 0 saturated heterocycles. The Balaban J connectivity index is 2.02. The number of rotatable bonds is 4. The fourth-order valence-corrected chi connectivity index (χ4v) is 2.93. The second kappa shape index (κ2) is 6.35. The number of hydrogen-bond acceptors (Lipinski definition) is 6. The number of nitrogens with two attached hydrogens (primary N) is 1. The fourth-order valence-electron chi connectivity index (χ4n) is 2.93. The van der Waals surface area contributed by atoms with Gasteiger partial charge in [0.05, 0.1) is 21.5 Å². The topological polar surface area (TPSA) is 129 Å².